The van der Waals surface area contributed by atoms with Gasteiger partial charge in [0.25, 0.3) is 5.91 Å². The molecule has 0 aromatic carbocycles. The van der Waals surface area contributed by atoms with E-state index in [1.165, 1.54) is 6.92 Å². The first-order valence-electron chi connectivity index (χ1n) is 9.99. The van der Waals surface area contributed by atoms with Gasteiger partial charge in [-0.3, -0.25) is 14.3 Å². The SMILES string of the molecule is CC(=O)NCC1CCn2ncc(C(=O)Nc3ccc(N4CCOCC4)cn3)c2C1. The molecule has 2 aromatic heterocycles. The van der Waals surface area contributed by atoms with E-state index >= 15 is 0 Å². The lowest BCUT2D eigenvalue weighted by molar-refractivity contribution is -0.119. The molecule has 1 fully saturated rings. The van der Waals surface area contributed by atoms with Gasteiger partial charge in [-0.2, -0.15) is 5.10 Å². The quantitative estimate of drug-likeness (QED) is 0.781. The predicted molar refractivity (Wildman–Crippen MR) is 108 cm³/mol. The average molecular weight is 398 g/mol. The van der Waals surface area contributed by atoms with Crippen LogP contribution in [0.4, 0.5) is 11.5 Å². The highest BCUT2D eigenvalue weighted by Crippen LogP contribution is 2.24. The minimum atomic E-state index is -0.210. The molecule has 9 heteroatoms. The van der Waals surface area contributed by atoms with E-state index in [9.17, 15) is 9.59 Å². The molecule has 154 valence electrons. The molecule has 1 saturated heterocycles. The van der Waals surface area contributed by atoms with Crippen molar-refractivity contribution < 1.29 is 14.3 Å². The van der Waals surface area contributed by atoms with Crippen molar-refractivity contribution in [1.29, 1.82) is 0 Å². The number of rotatable bonds is 5. The van der Waals surface area contributed by atoms with Crippen molar-refractivity contribution in [3.63, 3.8) is 0 Å². The van der Waals surface area contributed by atoms with Crippen LogP contribution in [0.1, 0.15) is 29.4 Å². The maximum atomic E-state index is 12.8. The lowest BCUT2D eigenvalue weighted by Gasteiger charge is -2.28. The van der Waals surface area contributed by atoms with Crippen LogP contribution in [0.15, 0.2) is 24.5 Å². The summed E-state index contributed by atoms with van der Waals surface area (Å²) >= 11 is 0. The Hall–Kier alpha value is -2.94. The van der Waals surface area contributed by atoms with Gasteiger partial charge in [0.05, 0.1) is 42.6 Å². The van der Waals surface area contributed by atoms with Gasteiger partial charge < -0.3 is 20.3 Å². The molecule has 0 aliphatic carbocycles. The van der Waals surface area contributed by atoms with Gasteiger partial charge in [-0.25, -0.2) is 4.98 Å². The van der Waals surface area contributed by atoms with E-state index in [2.05, 4.69) is 25.6 Å². The highest BCUT2D eigenvalue weighted by Gasteiger charge is 2.25. The summed E-state index contributed by atoms with van der Waals surface area (Å²) in [4.78, 5) is 30.6. The number of anilines is 2. The van der Waals surface area contributed by atoms with Crippen molar-refractivity contribution in [3.05, 3.63) is 35.8 Å². The van der Waals surface area contributed by atoms with Gasteiger partial charge in [-0.05, 0) is 30.9 Å². The number of carbonyl (C=O) groups is 2. The molecule has 2 N–H and O–H groups in total. The van der Waals surface area contributed by atoms with Crippen molar-refractivity contribution in [2.75, 3.05) is 43.1 Å². The van der Waals surface area contributed by atoms with Gasteiger partial charge in [0.1, 0.15) is 5.82 Å². The van der Waals surface area contributed by atoms with E-state index in [0.717, 1.165) is 37.4 Å². The molecular weight excluding hydrogens is 372 g/mol. The standard InChI is InChI=1S/C20H26N6O3/c1-14(27)21-11-15-4-5-26-18(10-15)17(13-23-26)20(28)24-19-3-2-16(12-22-19)25-6-8-29-9-7-25/h2-3,12-13,15H,4-11H2,1H3,(H,21,27)(H,22,24,28). The molecule has 2 aliphatic rings. The summed E-state index contributed by atoms with van der Waals surface area (Å²) in [7, 11) is 0. The summed E-state index contributed by atoms with van der Waals surface area (Å²) in [5.74, 6) is 0.574. The zero-order valence-electron chi connectivity index (χ0n) is 16.6. The number of aryl methyl sites for hydroxylation is 1. The van der Waals surface area contributed by atoms with Crippen LogP contribution in [0.5, 0.6) is 0 Å². The summed E-state index contributed by atoms with van der Waals surface area (Å²) in [6.07, 6.45) is 5.04. The number of aromatic nitrogens is 3. The first-order chi connectivity index (χ1) is 14.1. The maximum Gasteiger partial charge on any atom is 0.260 e. The Morgan fingerprint density at radius 1 is 1.21 bits per heavy atom. The Morgan fingerprint density at radius 2 is 2.03 bits per heavy atom. The van der Waals surface area contributed by atoms with E-state index in [4.69, 9.17) is 4.74 Å². The number of carbonyl (C=O) groups excluding carboxylic acids is 2. The van der Waals surface area contributed by atoms with E-state index in [-0.39, 0.29) is 11.8 Å². The third kappa shape index (κ3) is 4.56. The number of fused-ring (bicyclic) bond motifs is 1. The number of nitrogens with one attached hydrogen (secondary N) is 2. The Balaban J connectivity index is 1.40. The van der Waals surface area contributed by atoms with Crippen LogP contribution in [-0.2, 0) is 22.5 Å². The largest absolute Gasteiger partial charge is 0.378 e. The van der Waals surface area contributed by atoms with Crippen molar-refractivity contribution in [3.8, 4) is 0 Å². The van der Waals surface area contributed by atoms with Gasteiger partial charge in [0.2, 0.25) is 5.91 Å². The number of hydrogen-bond donors (Lipinski definition) is 2. The number of nitrogens with zero attached hydrogens (tertiary/aromatic N) is 4. The lowest BCUT2D eigenvalue weighted by Crippen LogP contribution is -2.36. The second-order valence-electron chi connectivity index (χ2n) is 7.48. The smallest absolute Gasteiger partial charge is 0.260 e. The second kappa shape index (κ2) is 8.60. The first-order valence-corrected chi connectivity index (χ1v) is 9.99. The number of amides is 2. The Bertz CT molecular complexity index is 873. The van der Waals surface area contributed by atoms with Gasteiger partial charge in [-0.15, -0.1) is 0 Å². The Morgan fingerprint density at radius 3 is 2.76 bits per heavy atom. The van der Waals surface area contributed by atoms with Crippen LogP contribution >= 0.6 is 0 Å². The van der Waals surface area contributed by atoms with Gasteiger partial charge >= 0.3 is 0 Å². The van der Waals surface area contributed by atoms with Crippen molar-refractivity contribution in [2.24, 2.45) is 5.92 Å². The molecule has 1 atom stereocenters. The Kier molecular flexibility index (Phi) is 5.75. The van der Waals surface area contributed by atoms with Gasteiger partial charge in [0.15, 0.2) is 0 Å². The fraction of sp³-hybridized carbons (Fsp3) is 0.500. The first kappa shape index (κ1) is 19.4. The van der Waals surface area contributed by atoms with Crippen LogP contribution in [0, 0.1) is 5.92 Å². The normalized spacial score (nSPS) is 18.8. The zero-order valence-corrected chi connectivity index (χ0v) is 16.6. The monoisotopic (exact) mass is 398 g/mol. The predicted octanol–water partition coefficient (Wildman–Crippen LogP) is 1.07. The van der Waals surface area contributed by atoms with Gasteiger partial charge in [0, 0.05) is 33.1 Å². The molecule has 1 unspecified atom stereocenters. The zero-order chi connectivity index (χ0) is 20.2. The fourth-order valence-electron chi connectivity index (χ4n) is 3.80. The number of morpholine rings is 1. The summed E-state index contributed by atoms with van der Waals surface area (Å²) < 4.78 is 7.25. The molecule has 0 spiro atoms. The van der Waals surface area contributed by atoms with Crippen LogP contribution in [0.25, 0.3) is 0 Å². The highest BCUT2D eigenvalue weighted by molar-refractivity contribution is 6.04. The van der Waals surface area contributed by atoms with E-state index in [1.54, 1.807) is 12.4 Å². The summed E-state index contributed by atoms with van der Waals surface area (Å²) in [5, 5.41) is 10.1. The lowest BCUT2D eigenvalue weighted by atomic mass is 9.94. The Labute approximate surface area is 169 Å². The van der Waals surface area contributed by atoms with E-state index < -0.39 is 0 Å². The highest BCUT2D eigenvalue weighted by atomic mass is 16.5. The molecule has 2 aromatic rings. The molecule has 0 saturated carbocycles. The minimum absolute atomic E-state index is 0.0337. The molecular formula is C20H26N6O3. The second-order valence-corrected chi connectivity index (χ2v) is 7.48. The molecule has 2 amide bonds. The minimum Gasteiger partial charge on any atom is -0.378 e. The molecule has 2 aliphatic heterocycles. The van der Waals surface area contributed by atoms with Crippen molar-refractivity contribution in [1.82, 2.24) is 20.1 Å². The average Bonchev–Trinajstić information content (AvgIpc) is 3.17. The third-order valence-electron chi connectivity index (χ3n) is 5.43. The van der Waals surface area contributed by atoms with Crippen LogP contribution in [0.2, 0.25) is 0 Å². The number of pyridine rings is 1. The molecule has 4 rings (SSSR count). The van der Waals surface area contributed by atoms with E-state index in [1.807, 2.05) is 16.8 Å². The fourth-order valence-corrected chi connectivity index (χ4v) is 3.80. The molecule has 0 bridgehead atoms. The van der Waals surface area contributed by atoms with Crippen molar-refractivity contribution in [2.45, 2.75) is 26.3 Å². The number of hydrogen-bond acceptors (Lipinski definition) is 6. The van der Waals surface area contributed by atoms with E-state index in [0.29, 0.717) is 43.5 Å². The van der Waals surface area contributed by atoms with Crippen LogP contribution in [-0.4, -0.2) is 59.4 Å². The summed E-state index contributed by atoms with van der Waals surface area (Å²) in [6.45, 7) is 6.00. The third-order valence-corrected chi connectivity index (χ3v) is 5.43. The molecule has 0 radical (unpaired) electrons. The maximum absolute atomic E-state index is 12.8. The summed E-state index contributed by atoms with van der Waals surface area (Å²) in [6, 6.07) is 3.78. The topological polar surface area (TPSA) is 101 Å². The molecule has 4 heterocycles. The van der Waals surface area contributed by atoms with Crippen LogP contribution < -0.4 is 15.5 Å². The summed E-state index contributed by atoms with van der Waals surface area (Å²) in [5.41, 5.74) is 2.50. The molecule has 9 nitrogen and oxygen atoms in total. The van der Waals surface area contributed by atoms with Crippen molar-refractivity contribution >= 4 is 23.3 Å². The number of ether oxygens (including phenoxy) is 1. The molecule has 29 heavy (non-hydrogen) atoms. The van der Waals surface area contributed by atoms with Gasteiger partial charge in [-0.1, -0.05) is 0 Å². The van der Waals surface area contributed by atoms with Crippen LogP contribution in [0.3, 0.4) is 0 Å².